The first kappa shape index (κ1) is 28.7. The van der Waals surface area contributed by atoms with Gasteiger partial charge in [-0.3, -0.25) is 0 Å². The molecule has 1 nitrogen and oxygen atoms in total. The minimum absolute atomic E-state index is 0.294. The highest BCUT2D eigenvalue weighted by Crippen LogP contribution is 2.40. The largest absolute Gasteiger partial charge is 0.377 e. The van der Waals surface area contributed by atoms with Gasteiger partial charge >= 0.3 is 0 Å². The third-order valence-electron chi connectivity index (χ3n) is 5.88. The zero-order valence-corrected chi connectivity index (χ0v) is 22.4. The fraction of sp³-hybridized carbons (Fsp3) is 0.438. The van der Waals surface area contributed by atoms with Crippen molar-refractivity contribution in [2.45, 2.75) is 74.7 Å². The summed E-state index contributed by atoms with van der Waals surface area (Å²) in [6.07, 6.45) is 29.6. The Morgan fingerprint density at radius 1 is 0.818 bits per heavy atom. The fourth-order valence-electron chi connectivity index (χ4n) is 3.83. The van der Waals surface area contributed by atoms with Crippen molar-refractivity contribution >= 4 is 0 Å². The van der Waals surface area contributed by atoms with E-state index < -0.39 is 0 Å². The van der Waals surface area contributed by atoms with E-state index in [0.717, 1.165) is 6.61 Å². The molecular weight excluding hydrogens is 400 g/mol. The van der Waals surface area contributed by atoms with E-state index in [9.17, 15) is 0 Å². The van der Waals surface area contributed by atoms with Crippen molar-refractivity contribution in [3.05, 3.63) is 106 Å². The van der Waals surface area contributed by atoms with E-state index in [-0.39, 0.29) is 0 Å². The zero-order valence-electron chi connectivity index (χ0n) is 22.4. The number of hydrogen-bond donors (Lipinski definition) is 0. The minimum Gasteiger partial charge on any atom is -0.377 e. The van der Waals surface area contributed by atoms with Gasteiger partial charge in [0.25, 0.3) is 0 Å². The Hall–Kier alpha value is -2.38. The number of rotatable bonds is 11. The SMILES string of the molecule is CCOCC(C)=CC=CC(C)=CC=CC=C(C)C=CC=C(C)C=CC1=C(C)CCCC1(C)C. The van der Waals surface area contributed by atoms with Gasteiger partial charge in [-0.2, -0.15) is 0 Å². The smallest absolute Gasteiger partial charge is 0.0676 e. The van der Waals surface area contributed by atoms with Gasteiger partial charge in [0.15, 0.2) is 0 Å². The molecule has 1 aliphatic carbocycles. The summed E-state index contributed by atoms with van der Waals surface area (Å²) in [5, 5.41) is 0. The van der Waals surface area contributed by atoms with Crippen molar-refractivity contribution in [2.24, 2.45) is 5.41 Å². The molecule has 0 bridgehead atoms. The molecule has 0 atom stereocenters. The lowest BCUT2D eigenvalue weighted by Crippen LogP contribution is -2.19. The molecule has 0 aromatic heterocycles. The molecule has 0 amide bonds. The molecule has 0 aromatic carbocycles. The average molecular weight is 447 g/mol. The summed E-state index contributed by atoms with van der Waals surface area (Å²) in [5.74, 6) is 0. The third kappa shape index (κ3) is 12.4. The van der Waals surface area contributed by atoms with Gasteiger partial charge in [0, 0.05) is 6.61 Å². The highest BCUT2D eigenvalue weighted by atomic mass is 16.5. The third-order valence-corrected chi connectivity index (χ3v) is 5.88. The average Bonchev–Trinajstić information content (AvgIpc) is 2.74. The van der Waals surface area contributed by atoms with E-state index in [1.165, 1.54) is 47.1 Å². The van der Waals surface area contributed by atoms with Gasteiger partial charge in [-0.05, 0) is 77.4 Å². The predicted octanol–water partition coefficient (Wildman–Crippen LogP) is 9.56. The van der Waals surface area contributed by atoms with Crippen molar-refractivity contribution in [2.75, 3.05) is 13.2 Å². The highest BCUT2D eigenvalue weighted by Gasteiger charge is 2.26. The zero-order chi connectivity index (χ0) is 24.7. The predicted molar refractivity (Wildman–Crippen MR) is 148 cm³/mol. The quantitative estimate of drug-likeness (QED) is 0.287. The van der Waals surface area contributed by atoms with Crippen LogP contribution in [0.15, 0.2) is 106 Å². The van der Waals surface area contributed by atoms with E-state index in [4.69, 9.17) is 4.74 Å². The monoisotopic (exact) mass is 446 g/mol. The molecule has 0 unspecified atom stereocenters. The van der Waals surface area contributed by atoms with Crippen molar-refractivity contribution in [1.82, 2.24) is 0 Å². The lowest BCUT2D eigenvalue weighted by molar-refractivity contribution is 0.171. The van der Waals surface area contributed by atoms with Crippen LogP contribution in [0.4, 0.5) is 0 Å². The molecule has 0 saturated carbocycles. The fourth-order valence-corrected chi connectivity index (χ4v) is 3.83. The minimum atomic E-state index is 0.294. The van der Waals surface area contributed by atoms with Crippen LogP contribution in [-0.4, -0.2) is 13.2 Å². The maximum absolute atomic E-state index is 5.40. The Morgan fingerprint density at radius 2 is 1.36 bits per heavy atom. The molecule has 0 spiro atoms. The Morgan fingerprint density at radius 3 is 1.94 bits per heavy atom. The summed E-state index contributed by atoms with van der Waals surface area (Å²) in [4.78, 5) is 0. The topological polar surface area (TPSA) is 9.23 Å². The Labute approximate surface area is 204 Å². The maximum atomic E-state index is 5.40. The Bertz CT molecular complexity index is 889. The highest BCUT2D eigenvalue weighted by molar-refractivity contribution is 5.37. The van der Waals surface area contributed by atoms with Gasteiger partial charge in [0.1, 0.15) is 0 Å². The second kappa shape index (κ2) is 15.5. The van der Waals surface area contributed by atoms with Crippen LogP contribution in [0.3, 0.4) is 0 Å². The number of hydrogen-bond acceptors (Lipinski definition) is 1. The standard InChI is InChI=1S/C32H46O/c1-9-33-25-29(5)20-13-18-27(3)16-11-10-15-26(2)17-12-19-28(4)22-23-31-30(6)21-14-24-32(31,7)8/h10-13,15-20,22-23H,9,14,21,24-25H2,1-8H3. The van der Waals surface area contributed by atoms with E-state index in [1.54, 1.807) is 5.57 Å². The summed E-state index contributed by atoms with van der Waals surface area (Å²) < 4.78 is 5.40. The summed E-state index contributed by atoms with van der Waals surface area (Å²) >= 11 is 0. The second-order valence-corrected chi connectivity index (χ2v) is 9.75. The van der Waals surface area contributed by atoms with Gasteiger partial charge in [0.05, 0.1) is 6.61 Å². The van der Waals surface area contributed by atoms with E-state index >= 15 is 0 Å². The van der Waals surface area contributed by atoms with Crippen LogP contribution in [-0.2, 0) is 4.74 Å². The molecule has 1 aliphatic rings. The molecule has 0 aliphatic heterocycles. The Balaban J connectivity index is 2.60. The van der Waals surface area contributed by atoms with Gasteiger partial charge < -0.3 is 4.74 Å². The summed E-state index contributed by atoms with van der Waals surface area (Å²) in [6.45, 7) is 19.0. The molecule has 1 heteroatoms. The lowest BCUT2D eigenvalue weighted by Gasteiger charge is -2.32. The summed E-state index contributed by atoms with van der Waals surface area (Å²) in [6, 6.07) is 0. The van der Waals surface area contributed by atoms with Gasteiger partial charge in [-0.25, -0.2) is 0 Å². The maximum Gasteiger partial charge on any atom is 0.0676 e. The number of allylic oxidation sites excluding steroid dienone is 17. The van der Waals surface area contributed by atoms with Gasteiger partial charge in [-0.15, -0.1) is 0 Å². The van der Waals surface area contributed by atoms with Crippen LogP contribution in [0.25, 0.3) is 0 Å². The molecule has 0 heterocycles. The molecular formula is C32H46O. The van der Waals surface area contributed by atoms with Gasteiger partial charge in [0.2, 0.25) is 0 Å². The molecule has 180 valence electrons. The normalized spacial score (nSPS) is 19.3. The van der Waals surface area contributed by atoms with Gasteiger partial charge in [-0.1, -0.05) is 109 Å². The van der Waals surface area contributed by atoms with Crippen molar-refractivity contribution in [1.29, 1.82) is 0 Å². The second-order valence-electron chi connectivity index (χ2n) is 9.75. The first-order valence-corrected chi connectivity index (χ1v) is 12.3. The summed E-state index contributed by atoms with van der Waals surface area (Å²) in [7, 11) is 0. The van der Waals surface area contributed by atoms with Crippen LogP contribution >= 0.6 is 0 Å². The van der Waals surface area contributed by atoms with E-state index in [2.05, 4.69) is 121 Å². The molecule has 33 heavy (non-hydrogen) atoms. The van der Waals surface area contributed by atoms with Crippen LogP contribution in [0, 0.1) is 5.41 Å². The first-order valence-electron chi connectivity index (χ1n) is 12.3. The van der Waals surface area contributed by atoms with Crippen LogP contribution in [0.5, 0.6) is 0 Å². The van der Waals surface area contributed by atoms with Crippen LogP contribution in [0.2, 0.25) is 0 Å². The van der Waals surface area contributed by atoms with Crippen LogP contribution in [0.1, 0.15) is 74.7 Å². The van der Waals surface area contributed by atoms with E-state index in [1.807, 2.05) is 6.92 Å². The van der Waals surface area contributed by atoms with Crippen molar-refractivity contribution < 1.29 is 4.74 Å². The van der Waals surface area contributed by atoms with Crippen molar-refractivity contribution in [3.63, 3.8) is 0 Å². The number of ether oxygens (including phenoxy) is 1. The van der Waals surface area contributed by atoms with Crippen molar-refractivity contribution in [3.8, 4) is 0 Å². The molecule has 0 N–H and O–H groups in total. The molecule has 0 fully saturated rings. The van der Waals surface area contributed by atoms with Crippen LogP contribution < -0.4 is 0 Å². The Kier molecular flexibility index (Phi) is 13.4. The molecule has 0 saturated heterocycles. The summed E-state index contributed by atoms with van der Waals surface area (Å²) in [5.41, 5.74) is 8.29. The molecule has 0 radical (unpaired) electrons. The van der Waals surface area contributed by atoms with E-state index in [0.29, 0.717) is 12.0 Å². The lowest BCUT2D eigenvalue weighted by atomic mass is 9.72. The molecule has 0 aromatic rings. The first-order chi connectivity index (χ1) is 15.7. The molecule has 1 rings (SSSR count).